The van der Waals surface area contributed by atoms with Crippen LogP contribution in [-0.4, -0.2) is 34.5 Å². The first-order chi connectivity index (χ1) is 6.88. The molecule has 0 aliphatic carbocycles. The number of imidazole rings is 1. The van der Waals surface area contributed by atoms with Gasteiger partial charge in [-0.05, 0) is 38.4 Å². The minimum atomic E-state index is 0. The van der Waals surface area contributed by atoms with E-state index in [1.165, 1.54) is 31.6 Å². The summed E-state index contributed by atoms with van der Waals surface area (Å²) < 4.78 is 0. The van der Waals surface area contributed by atoms with Crippen LogP contribution in [0.4, 0.5) is 0 Å². The molecule has 1 saturated heterocycles. The van der Waals surface area contributed by atoms with E-state index in [1.54, 1.807) is 6.33 Å². The fourth-order valence-corrected chi connectivity index (χ4v) is 1.99. The Morgan fingerprint density at radius 1 is 1.47 bits per heavy atom. The standard InChI is InChI=1S/C10H18N4.ClH/c11-5-9-1-3-14(4-2-9)7-10-6-12-8-13-10;/h6,8-9H,1-5,7,11H2,(H,12,13);1H. The number of halogens is 1. The lowest BCUT2D eigenvalue weighted by molar-refractivity contribution is 0.179. The van der Waals surface area contributed by atoms with E-state index in [-0.39, 0.29) is 12.4 Å². The van der Waals surface area contributed by atoms with E-state index in [1.807, 2.05) is 6.20 Å². The Kier molecular flexibility index (Phi) is 5.08. The summed E-state index contributed by atoms with van der Waals surface area (Å²) in [5.41, 5.74) is 6.85. The Bertz CT molecular complexity index is 254. The monoisotopic (exact) mass is 230 g/mol. The Labute approximate surface area is 96.7 Å². The number of rotatable bonds is 3. The van der Waals surface area contributed by atoms with Gasteiger partial charge in [0, 0.05) is 18.4 Å². The number of nitrogens with one attached hydrogen (secondary N) is 1. The third-order valence-corrected chi connectivity index (χ3v) is 2.99. The molecule has 3 N–H and O–H groups in total. The van der Waals surface area contributed by atoms with Gasteiger partial charge in [-0.1, -0.05) is 0 Å². The first-order valence-corrected chi connectivity index (χ1v) is 5.28. The smallest absolute Gasteiger partial charge is 0.0922 e. The highest BCUT2D eigenvalue weighted by molar-refractivity contribution is 5.85. The molecule has 86 valence electrons. The van der Waals surface area contributed by atoms with Gasteiger partial charge in [-0.3, -0.25) is 4.90 Å². The van der Waals surface area contributed by atoms with Gasteiger partial charge in [0.15, 0.2) is 0 Å². The second kappa shape index (κ2) is 6.10. The summed E-state index contributed by atoms with van der Waals surface area (Å²) in [6.45, 7) is 4.18. The summed E-state index contributed by atoms with van der Waals surface area (Å²) in [4.78, 5) is 9.61. The summed E-state index contributed by atoms with van der Waals surface area (Å²) in [7, 11) is 0. The fourth-order valence-electron chi connectivity index (χ4n) is 1.99. The first-order valence-electron chi connectivity index (χ1n) is 5.28. The van der Waals surface area contributed by atoms with E-state index < -0.39 is 0 Å². The first kappa shape index (κ1) is 12.5. The molecule has 5 heteroatoms. The minimum Gasteiger partial charge on any atom is -0.347 e. The predicted molar refractivity (Wildman–Crippen MR) is 62.9 cm³/mol. The van der Waals surface area contributed by atoms with E-state index in [0.29, 0.717) is 0 Å². The van der Waals surface area contributed by atoms with Crippen molar-refractivity contribution in [2.24, 2.45) is 11.7 Å². The number of aromatic amines is 1. The van der Waals surface area contributed by atoms with E-state index in [4.69, 9.17) is 5.73 Å². The molecule has 15 heavy (non-hydrogen) atoms. The van der Waals surface area contributed by atoms with Crippen molar-refractivity contribution in [3.8, 4) is 0 Å². The normalized spacial score (nSPS) is 18.7. The van der Waals surface area contributed by atoms with E-state index in [2.05, 4.69) is 14.9 Å². The highest BCUT2D eigenvalue weighted by atomic mass is 35.5. The van der Waals surface area contributed by atoms with Crippen LogP contribution in [-0.2, 0) is 6.54 Å². The average molecular weight is 231 g/mol. The molecule has 4 nitrogen and oxygen atoms in total. The summed E-state index contributed by atoms with van der Waals surface area (Å²) in [6, 6.07) is 0. The van der Waals surface area contributed by atoms with E-state index in [0.717, 1.165) is 19.0 Å². The zero-order valence-electron chi connectivity index (χ0n) is 8.85. The molecule has 0 unspecified atom stereocenters. The third kappa shape index (κ3) is 3.48. The van der Waals surface area contributed by atoms with Crippen molar-refractivity contribution in [2.75, 3.05) is 19.6 Å². The largest absolute Gasteiger partial charge is 0.347 e. The Morgan fingerprint density at radius 2 is 2.20 bits per heavy atom. The van der Waals surface area contributed by atoms with Crippen molar-refractivity contribution in [1.29, 1.82) is 0 Å². The molecule has 0 spiro atoms. The molecule has 1 aliphatic rings. The van der Waals surface area contributed by atoms with Crippen molar-refractivity contribution in [3.05, 3.63) is 18.2 Å². The van der Waals surface area contributed by atoms with Gasteiger partial charge in [0.2, 0.25) is 0 Å². The number of piperidine rings is 1. The molecule has 1 aliphatic heterocycles. The maximum Gasteiger partial charge on any atom is 0.0922 e. The molecule has 0 radical (unpaired) electrons. The lowest BCUT2D eigenvalue weighted by Gasteiger charge is -2.30. The van der Waals surface area contributed by atoms with E-state index >= 15 is 0 Å². The highest BCUT2D eigenvalue weighted by Crippen LogP contribution is 2.16. The number of hydrogen-bond acceptors (Lipinski definition) is 3. The van der Waals surface area contributed by atoms with Crippen LogP contribution in [0.2, 0.25) is 0 Å². The molecule has 1 fully saturated rings. The number of likely N-dealkylation sites (tertiary alicyclic amines) is 1. The average Bonchev–Trinajstić information content (AvgIpc) is 2.72. The summed E-state index contributed by atoms with van der Waals surface area (Å²) in [6.07, 6.45) is 6.12. The Morgan fingerprint density at radius 3 is 2.73 bits per heavy atom. The molecule has 0 aromatic carbocycles. The summed E-state index contributed by atoms with van der Waals surface area (Å²) in [5.74, 6) is 0.744. The Balaban J connectivity index is 0.00000112. The minimum absolute atomic E-state index is 0. The van der Waals surface area contributed by atoms with Gasteiger partial charge in [-0.15, -0.1) is 12.4 Å². The van der Waals surface area contributed by atoms with Crippen molar-refractivity contribution in [3.63, 3.8) is 0 Å². The van der Waals surface area contributed by atoms with Crippen LogP contribution in [0.5, 0.6) is 0 Å². The van der Waals surface area contributed by atoms with Gasteiger partial charge in [0.1, 0.15) is 0 Å². The zero-order chi connectivity index (χ0) is 9.80. The van der Waals surface area contributed by atoms with Gasteiger partial charge in [-0.2, -0.15) is 0 Å². The molecule has 2 heterocycles. The van der Waals surface area contributed by atoms with Crippen LogP contribution in [0.3, 0.4) is 0 Å². The fraction of sp³-hybridized carbons (Fsp3) is 0.700. The van der Waals surface area contributed by atoms with Gasteiger partial charge in [0.25, 0.3) is 0 Å². The van der Waals surface area contributed by atoms with Gasteiger partial charge < -0.3 is 10.7 Å². The molecule has 0 amide bonds. The highest BCUT2D eigenvalue weighted by Gasteiger charge is 2.17. The van der Waals surface area contributed by atoms with Crippen LogP contribution in [0.25, 0.3) is 0 Å². The topological polar surface area (TPSA) is 57.9 Å². The van der Waals surface area contributed by atoms with Crippen LogP contribution in [0.15, 0.2) is 12.5 Å². The van der Waals surface area contributed by atoms with Crippen LogP contribution in [0, 0.1) is 5.92 Å². The van der Waals surface area contributed by atoms with Crippen molar-refractivity contribution < 1.29 is 0 Å². The molecule has 0 bridgehead atoms. The van der Waals surface area contributed by atoms with Crippen LogP contribution in [0.1, 0.15) is 18.5 Å². The van der Waals surface area contributed by atoms with Crippen LogP contribution < -0.4 is 5.73 Å². The number of aromatic nitrogens is 2. The van der Waals surface area contributed by atoms with Gasteiger partial charge in [0.05, 0.1) is 6.33 Å². The van der Waals surface area contributed by atoms with E-state index in [9.17, 15) is 0 Å². The number of H-pyrrole nitrogens is 1. The van der Waals surface area contributed by atoms with Crippen LogP contribution >= 0.6 is 12.4 Å². The lowest BCUT2D eigenvalue weighted by Crippen LogP contribution is -2.35. The molecule has 1 aromatic heterocycles. The zero-order valence-corrected chi connectivity index (χ0v) is 9.67. The second-order valence-electron chi connectivity index (χ2n) is 4.03. The number of hydrogen-bond donors (Lipinski definition) is 2. The third-order valence-electron chi connectivity index (χ3n) is 2.99. The molecule has 1 aromatic rings. The molecule has 2 rings (SSSR count). The SMILES string of the molecule is Cl.NCC1CCN(Cc2cnc[nH]2)CC1. The number of nitrogens with two attached hydrogens (primary N) is 1. The lowest BCUT2D eigenvalue weighted by atomic mass is 9.97. The number of nitrogens with zero attached hydrogens (tertiary/aromatic N) is 2. The van der Waals surface area contributed by atoms with Crippen molar-refractivity contribution >= 4 is 12.4 Å². The molecule has 0 atom stereocenters. The van der Waals surface area contributed by atoms with Crippen molar-refractivity contribution in [2.45, 2.75) is 19.4 Å². The quantitative estimate of drug-likeness (QED) is 0.815. The maximum absolute atomic E-state index is 5.65. The summed E-state index contributed by atoms with van der Waals surface area (Å²) >= 11 is 0. The predicted octanol–water partition coefficient (Wildman–Crippen LogP) is 1.00. The molecule has 0 saturated carbocycles. The molecular weight excluding hydrogens is 212 g/mol. The maximum atomic E-state index is 5.65. The van der Waals surface area contributed by atoms with Crippen molar-refractivity contribution in [1.82, 2.24) is 14.9 Å². The Hall–Kier alpha value is -0.580. The van der Waals surface area contributed by atoms with Gasteiger partial charge >= 0.3 is 0 Å². The van der Waals surface area contributed by atoms with Gasteiger partial charge in [-0.25, -0.2) is 4.98 Å². The second-order valence-corrected chi connectivity index (χ2v) is 4.03. The summed E-state index contributed by atoms with van der Waals surface area (Å²) in [5, 5.41) is 0. The molecular formula is C10H19ClN4.